The molecule has 0 fully saturated rings. The van der Waals surface area contributed by atoms with Gasteiger partial charge in [-0.2, -0.15) is 5.11 Å². The van der Waals surface area contributed by atoms with Crippen molar-refractivity contribution < 1.29 is 18.6 Å². The number of azo groups is 1. The minimum absolute atomic E-state index is 0.0272. The third-order valence-corrected chi connectivity index (χ3v) is 7.46. The Morgan fingerprint density at radius 3 is 2.37 bits per heavy atom. The van der Waals surface area contributed by atoms with Crippen LogP contribution >= 0.6 is 0 Å². The van der Waals surface area contributed by atoms with Crippen molar-refractivity contribution in [3.05, 3.63) is 60.2 Å². The van der Waals surface area contributed by atoms with Gasteiger partial charge in [0.15, 0.2) is 21.5 Å². The number of likely N-dealkylation sites (N-methyl/N-ethyl adjacent to an activating group) is 1. The summed E-state index contributed by atoms with van der Waals surface area (Å²) >= 11 is 0. The summed E-state index contributed by atoms with van der Waals surface area (Å²) in [5.41, 5.74) is 9.02. The number of aliphatic hydroxyl groups is 2. The number of nitrogens with zero attached hydrogens (tertiary/aromatic N) is 4. The van der Waals surface area contributed by atoms with E-state index in [1.807, 2.05) is 30.3 Å². The van der Waals surface area contributed by atoms with E-state index in [-0.39, 0.29) is 23.8 Å². The molecule has 2 aromatic carbocycles. The summed E-state index contributed by atoms with van der Waals surface area (Å²) < 4.78 is 25.3. The van der Waals surface area contributed by atoms with Crippen LogP contribution in [-0.2, 0) is 9.84 Å². The number of benzene rings is 2. The molecule has 1 unspecified atom stereocenters. The molecule has 1 heterocycles. The van der Waals surface area contributed by atoms with Gasteiger partial charge in [-0.3, -0.25) is 0 Å². The topological polar surface area (TPSA) is 166 Å². The monoisotopic (exact) mass is 541 g/mol. The highest BCUT2D eigenvalue weighted by Gasteiger charge is 2.17. The van der Waals surface area contributed by atoms with E-state index in [1.54, 1.807) is 37.9 Å². The molecule has 0 saturated heterocycles. The van der Waals surface area contributed by atoms with Crippen molar-refractivity contribution in [1.82, 2.24) is 9.88 Å². The van der Waals surface area contributed by atoms with Crippen LogP contribution in [0.15, 0.2) is 69.7 Å². The first-order valence-corrected chi connectivity index (χ1v) is 13.8. The number of nitrogen functional groups attached to an aromatic ring is 1. The lowest BCUT2D eigenvalue weighted by Crippen LogP contribution is -2.28. The van der Waals surface area contributed by atoms with Crippen LogP contribution in [0.5, 0.6) is 0 Å². The third kappa shape index (κ3) is 7.96. The Morgan fingerprint density at radius 2 is 1.74 bits per heavy atom. The molecule has 3 rings (SSSR count). The maximum Gasteiger partial charge on any atom is 0.179 e. The van der Waals surface area contributed by atoms with Crippen molar-refractivity contribution in [3.8, 4) is 0 Å². The fraction of sp³-hybridized carbons (Fsp3) is 0.346. The minimum Gasteiger partial charge on any atom is -0.395 e. The molecule has 0 saturated carbocycles. The second kappa shape index (κ2) is 13.3. The van der Waals surface area contributed by atoms with Crippen molar-refractivity contribution in [2.75, 3.05) is 55.4 Å². The number of anilines is 4. The fourth-order valence-corrected chi connectivity index (χ4v) is 4.80. The summed E-state index contributed by atoms with van der Waals surface area (Å²) in [6.07, 6.45) is -0.588. The van der Waals surface area contributed by atoms with Crippen LogP contribution in [0.4, 0.5) is 34.4 Å². The van der Waals surface area contributed by atoms with Gasteiger partial charge in [-0.25, -0.2) is 13.4 Å². The predicted molar refractivity (Wildman–Crippen MR) is 151 cm³/mol. The van der Waals surface area contributed by atoms with Gasteiger partial charge in [-0.05, 0) is 57.3 Å². The number of para-hydroxylation sites is 1. The molecular formula is C26H35N7O4S. The molecule has 0 aliphatic carbocycles. The van der Waals surface area contributed by atoms with Gasteiger partial charge in [-0.1, -0.05) is 18.2 Å². The number of nitrogens with two attached hydrogens (primary N) is 1. The van der Waals surface area contributed by atoms with Gasteiger partial charge in [0.25, 0.3) is 0 Å². The Labute approximate surface area is 223 Å². The highest BCUT2D eigenvalue weighted by atomic mass is 32.2. The lowest BCUT2D eigenvalue weighted by atomic mass is 10.2. The van der Waals surface area contributed by atoms with Gasteiger partial charge < -0.3 is 31.5 Å². The van der Waals surface area contributed by atoms with E-state index in [2.05, 4.69) is 25.8 Å². The number of nitrogens with one attached hydrogen (secondary N) is 2. The molecule has 1 aromatic heterocycles. The molecule has 38 heavy (non-hydrogen) atoms. The summed E-state index contributed by atoms with van der Waals surface area (Å²) in [6, 6.07) is 15.6. The molecule has 12 heteroatoms. The highest BCUT2D eigenvalue weighted by molar-refractivity contribution is 7.91. The molecule has 0 aliphatic heterocycles. The van der Waals surface area contributed by atoms with Gasteiger partial charge in [0.1, 0.15) is 5.69 Å². The Kier molecular flexibility index (Phi) is 10.1. The summed E-state index contributed by atoms with van der Waals surface area (Å²) in [6.45, 7) is 4.44. The first-order valence-electron chi connectivity index (χ1n) is 12.2. The Bertz CT molecular complexity index is 1330. The van der Waals surface area contributed by atoms with Gasteiger partial charge in [-0.15, -0.1) is 5.11 Å². The second-order valence-corrected chi connectivity index (χ2v) is 11.1. The molecule has 0 amide bonds. The van der Waals surface area contributed by atoms with E-state index in [1.165, 1.54) is 12.1 Å². The van der Waals surface area contributed by atoms with Crippen LogP contribution in [0, 0.1) is 6.92 Å². The molecule has 0 radical (unpaired) electrons. The molecule has 0 aliphatic rings. The molecule has 204 valence electrons. The average Bonchev–Trinajstić information content (AvgIpc) is 2.89. The average molecular weight is 542 g/mol. The Balaban J connectivity index is 1.87. The Morgan fingerprint density at radius 1 is 1.05 bits per heavy atom. The van der Waals surface area contributed by atoms with Crippen LogP contribution in [0.3, 0.4) is 0 Å². The molecule has 11 nitrogen and oxygen atoms in total. The number of rotatable bonds is 13. The zero-order valence-corrected chi connectivity index (χ0v) is 22.6. The van der Waals surface area contributed by atoms with Crippen molar-refractivity contribution in [2.24, 2.45) is 10.2 Å². The number of sulfone groups is 1. The lowest BCUT2D eigenvalue weighted by molar-refractivity contribution is 0.208. The van der Waals surface area contributed by atoms with Gasteiger partial charge in [0, 0.05) is 30.9 Å². The standard InChI is InChI=1S/C26H35N7O4S/c1-18(35)17-28-25-23(27)19(2)24(26(30-25)29-20-7-5-4-6-8-20)32-31-21-9-11-22(12-10-21)38(36,37)16-14-33(3)13-15-34/h4-12,18,34-35H,13-17,27H2,1-3H3,(H2,28,29,30). The molecule has 0 bridgehead atoms. The maximum atomic E-state index is 12.7. The van der Waals surface area contributed by atoms with Gasteiger partial charge >= 0.3 is 0 Å². The molecule has 3 aromatic rings. The summed E-state index contributed by atoms with van der Waals surface area (Å²) in [5.74, 6) is 0.782. The largest absolute Gasteiger partial charge is 0.395 e. The first kappa shape index (κ1) is 29.0. The Hall–Kier alpha value is -3.58. The zero-order valence-electron chi connectivity index (χ0n) is 21.8. The van der Waals surface area contributed by atoms with Crippen LogP contribution in [0.2, 0.25) is 0 Å². The van der Waals surface area contributed by atoms with Crippen LogP contribution in [0.25, 0.3) is 0 Å². The number of hydrogen-bond donors (Lipinski definition) is 5. The summed E-state index contributed by atoms with van der Waals surface area (Å²) in [7, 11) is -1.73. The van der Waals surface area contributed by atoms with E-state index in [9.17, 15) is 13.5 Å². The smallest absolute Gasteiger partial charge is 0.179 e. The molecular weight excluding hydrogens is 506 g/mol. The summed E-state index contributed by atoms with van der Waals surface area (Å²) in [4.78, 5) is 6.54. The van der Waals surface area contributed by atoms with E-state index in [0.29, 0.717) is 47.4 Å². The number of aromatic nitrogens is 1. The van der Waals surface area contributed by atoms with E-state index in [4.69, 9.17) is 10.8 Å². The van der Waals surface area contributed by atoms with Crippen molar-refractivity contribution in [1.29, 1.82) is 0 Å². The number of hydrogen-bond acceptors (Lipinski definition) is 11. The van der Waals surface area contributed by atoms with Gasteiger partial charge in [0.05, 0.1) is 34.7 Å². The highest BCUT2D eigenvalue weighted by Crippen LogP contribution is 2.38. The van der Waals surface area contributed by atoms with Crippen molar-refractivity contribution in [2.45, 2.75) is 24.8 Å². The number of aliphatic hydroxyl groups excluding tert-OH is 2. The SMILES string of the molecule is Cc1c(N)c(NCC(C)O)nc(Nc2ccccc2)c1N=Nc1ccc(S(=O)(=O)CCN(C)CCO)cc1. The van der Waals surface area contributed by atoms with Crippen molar-refractivity contribution >= 4 is 44.2 Å². The predicted octanol–water partition coefficient (Wildman–Crippen LogP) is 3.62. The fourth-order valence-electron chi connectivity index (χ4n) is 3.46. The maximum absolute atomic E-state index is 12.7. The van der Waals surface area contributed by atoms with E-state index >= 15 is 0 Å². The van der Waals surface area contributed by atoms with Crippen LogP contribution < -0.4 is 16.4 Å². The lowest BCUT2D eigenvalue weighted by Gasteiger charge is -2.17. The van der Waals surface area contributed by atoms with Crippen molar-refractivity contribution in [3.63, 3.8) is 0 Å². The summed E-state index contributed by atoms with van der Waals surface area (Å²) in [5, 5.41) is 33.7. The molecule has 1 atom stereocenters. The third-order valence-electron chi connectivity index (χ3n) is 5.75. The quantitative estimate of drug-likeness (QED) is 0.203. The second-order valence-electron chi connectivity index (χ2n) is 8.96. The number of pyridine rings is 1. The van der Waals surface area contributed by atoms with E-state index in [0.717, 1.165) is 5.69 Å². The van der Waals surface area contributed by atoms with Crippen LogP contribution in [0.1, 0.15) is 12.5 Å². The molecule has 0 spiro atoms. The molecule has 6 N–H and O–H groups in total. The normalized spacial score (nSPS) is 12.7. The zero-order chi connectivity index (χ0) is 27.7. The minimum atomic E-state index is -3.48. The van der Waals surface area contributed by atoms with Crippen LogP contribution in [-0.4, -0.2) is 73.7 Å². The van der Waals surface area contributed by atoms with Gasteiger partial charge in [0.2, 0.25) is 0 Å². The van der Waals surface area contributed by atoms with E-state index < -0.39 is 15.9 Å². The first-order chi connectivity index (χ1) is 18.1.